The van der Waals surface area contributed by atoms with E-state index < -0.39 is 0 Å². The van der Waals surface area contributed by atoms with E-state index >= 15 is 0 Å². The predicted octanol–water partition coefficient (Wildman–Crippen LogP) is 1.36. The highest BCUT2D eigenvalue weighted by Crippen LogP contribution is 2.24. The Hall–Kier alpha value is -0.900. The first-order valence-corrected chi connectivity index (χ1v) is 7.01. The average Bonchev–Trinajstić information content (AvgIpc) is 2.82. The predicted molar refractivity (Wildman–Crippen MR) is 72.2 cm³/mol. The number of β-amino-alcohol motifs (C(OH)–C–C–N with tert-alkyl or cyclic N) is 1. The molecule has 1 fully saturated rings. The van der Waals surface area contributed by atoms with E-state index in [0.29, 0.717) is 5.92 Å². The summed E-state index contributed by atoms with van der Waals surface area (Å²) in [5, 5.41) is 13.7. The number of piperidine rings is 1. The fourth-order valence-electron chi connectivity index (χ4n) is 3.15. The SMILES string of the molecule is OC(CN1Cc2ccccc2C1)C1CCCNC1. The van der Waals surface area contributed by atoms with Crippen LogP contribution in [0.1, 0.15) is 24.0 Å². The summed E-state index contributed by atoms with van der Waals surface area (Å²) in [5.41, 5.74) is 2.85. The maximum absolute atomic E-state index is 10.3. The van der Waals surface area contributed by atoms with E-state index in [4.69, 9.17) is 0 Å². The van der Waals surface area contributed by atoms with E-state index in [1.54, 1.807) is 0 Å². The molecule has 2 aliphatic heterocycles. The molecule has 3 nitrogen and oxygen atoms in total. The van der Waals surface area contributed by atoms with Crippen molar-refractivity contribution >= 4 is 0 Å². The molecule has 1 aromatic rings. The minimum Gasteiger partial charge on any atom is -0.391 e. The number of hydrogen-bond donors (Lipinski definition) is 2. The Morgan fingerprint density at radius 1 is 1.28 bits per heavy atom. The number of benzene rings is 1. The minimum atomic E-state index is -0.188. The van der Waals surface area contributed by atoms with Crippen molar-refractivity contribution in [2.45, 2.75) is 32.0 Å². The summed E-state index contributed by atoms with van der Waals surface area (Å²) in [6.45, 7) is 4.88. The van der Waals surface area contributed by atoms with Crippen LogP contribution >= 0.6 is 0 Å². The molecule has 18 heavy (non-hydrogen) atoms. The molecule has 3 heteroatoms. The van der Waals surface area contributed by atoms with Crippen LogP contribution in [-0.4, -0.2) is 35.7 Å². The van der Waals surface area contributed by atoms with E-state index in [2.05, 4.69) is 34.5 Å². The number of aliphatic hydroxyl groups is 1. The van der Waals surface area contributed by atoms with Crippen molar-refractivity contribution in [2.24, 2.45) is 5.92 Å². The van der Waals surface area contributed by atoms with Gasteiger partial charge >= 0.3 is 0 Å². The molecule has 0 amide bonds. The molecule has 0 bridgehead atoms. The van der Waals surface area contributed by atoms with Crippen molar-refractivity contribution in [3.05, 3.63) is 35.4 Å². The van der Waals surface area contributed by atoms with E-state index in [1.165, 1.54) is 17.5 Å². The molecule has 1 saturated heterocycles. The van der Waals surface area contributed by atoms with Gasteiger partial charge in [0.1, 0.15) is 0 Å². The highest BCUT2D eigenvalue weighted by atomic mass is 16.3. The van der Waals surface area contributed by atoms with Gasteiger partial charge in [0.25, 0.3) is 0 Å². The summed E-state index contributed by atoms with van der Waals surface area (Å²) >= 11 is 0. The Bertz CT molecular complexity index is 376. The quantitative estimate of drug-likeness (QED) is 0.845. The number of hydrogen-bond acceptors (Lipinski definition) is 3. The van der Waals surface area contributed by atoms with Gasteiger partial charge in [-0.15, -0.1) is 0 Å². The van der Waals surface area contributed by atoms with Crippen molar-refractivity contribution in [3.8, 4) is 0 Å². The van der Waals surface area contributed by atoms with Crippen molar-refractivity contribution in [1.82, 2.24) is 10.2 Å². The first-order chi connectivity index (χ1) is 8.83. The number of nitrogens with zero attached hydrogens (tertiary/aromatic N) is 1. The number of aliphatic hydroxyl groups excluding tert-OH is 1. The largest absolute Gasteiger partial charge is 0.391 e. The van der Waals surface area contributed by atoms with Gasteiger partial charge in [0.15, 0.2) is 0 Å². The molecule has 2 unspecified atom stereocenters. The summed E-state index contributed by atoms with van der Waals surface area (Å²) in [7, 11) is 0. The Labute approximate surface area is 109 Å². The van der Waals surface area contributed by atoms with E-state index in [9.17, 15) is 5.11 Å². The van der Waals surface area contributed by atoms with Crippen LogP contribution in [0.5, 0.6) is 0 Å². The third-order valence-electron chi connectivity index (χ3n) is 4.23. The average molecular weight is 246 g/mol. The summed E-state index contributed by atoms with van der Waals surface area (Å²) in [6.07, 6.45) is 2.17. The van der Waals surface area contributed by atoms with Gasteiger partial charge in [0, 0.05) is 26.2 Å². The zero-order valence-electron chi connectivity index (χ0n) is 10.8. The van der Waals surface area contributed by atoms with Crippen LogP contribution in [0.15, 0.2) is 24.3 Å². The van der Waals surface area contributed by atoms with Crippen LogP contribution in [0.25, 0.3) is 0 Å². The Morgan fingerprint density at radius 3 is 2.61 bits per heavy atom. The standard InChI is InChI=1S/C15H22N2O/c18-15(12-6-3-7-16-8-12)11-17-9-13-4-1-2-5-14(13)10-17/h1-2,4-5,12,15-16,18H,3,6-11H2. The van der Waals surface area contributed by atoms with Gasteiger partial charge in [0.2, 0.25) is 0 Å². The lowest BCUT2D eigenvalue weighted by atomic mass is 9.93. The maximum atomic E-state index is 10.3. The zero-order valence-corrected chi connectivity index (χ0v) is 10.8. The second-order valence-corrected chi connectivity index (χ2v) is 5.61. The van der Waals surface area contributed by atoms with Crippen LogP contribution in [-0.2, 0) is 13.1 Å². The van der Waals surface area contributed by atoms with Crippen molar-refractivity contribution < 1.29 is 5.11 Å². The van der Waals surface area contributed by atoms with Crippen LogP contribution in [0, 0.1) is 5.92 Å². The summed E-state index contributed by atoms with van der Waals surface area (Å²) in [6, 6.07) is 8.60. The third-order valence-corrected chi connectivity index (χ3v) is 4.23. The first kappa shape index (κ1) is 12.2. The van der Waals surface area contributed by atoms with Gasteiger partial charge in [-0.3, -0.25) is 4.90 Å². The van der Waals surface area contributed by atoms with Crippen LogP contribution < -0.4 is 5.32 Å². The third kappa shape index (κ3) is 2.58. The lowest BCUT2D eigenvalue weighted by molar-refractivity contribution is 0.0520. The lowest BCUT2D eigenvalue weighted by Gasteiger charge is -2.30. The summed E-state index contributed by atoms with van der Waals surface area (Å²) in [5.74, 6) is 0.433. The summed E-state index contributed by atoms with van der Waals surface area (Å²) in [4.78, 5) is 2.37. The molecule has 1 aromatic carbocycles. The summed E-state index contributed by atoms with van der Waals surface area (Å²) < 4.78 is 0. The Balaban J connectivity index is 1.55. The Kier molecular flexibility index (Phi) is 3.64. The fourth-order valence-corrected chi connectivity index (χ4v) is 3.15. The molecule has 2 N–H and O–H groups in total. The van der Waals surface area contributed by atoms with Crippen LogP contribution in [0.4, 0.5) is 0 Å². The highest BCUT2D eigenvalue weighted by molar-refractivity contribution is 5.30. The van der Waals surface area contributed by atoms with E-state index in [0.717, 1.165) is 39.1 Å². The minimum absolute atomic E-state index is 0.188. The molecule has 0 aromatic heterocycles. The molecule has 2 atom stereocenters. The molecular weight excluding hydrogens is 224 g/mol. The van der Waals surface area contributed by atoms with Crippen LogP contribution in [0.2, 0.25) is 0 Å². The molecule has 3 rings (SSSR count). The van der Waals surface area contributed by atoms with Gasteiger partial charge in [-0.2, -0.15) is 0 Å². The second-order valence-electron chi connectivity index (χ2n) is 5.61. The van der Waals surface area contributed by atoms with E-state index in [1.807, 2.05) is 0 Å². The normalized spacial score (nSPS) is 25.9. The van der Waals surface area contributed by atoms with Crippen molar-refractivity contribution in [3.63, 3.8) is 0 Å². The van der Waals surface area contributed by atoms with Crippen molar-refractivity contribution in [2.75, 3.05) is 19.6 Å². The monoisotopic (exact) mass is 246 g/mol. The Morgan fingerprint density at radius 2 is 2.00 bits per heavy atom. The first-order valence-electron chi connectivity index (χ1n) is 7.01. The molecule has 0 spiro atoms. The molecule has 2 aliphatic rings. The number of rotatable bonds is 3. The van der Waals surface area contributed by atoms with Crippen LogP contribution in [0.3, 0.4) is 0 Å². The van der Waals surface area contributed by atoms with Gasteiger partial charge in [-0.1, -0.05) is 24.3 Å². The van der Waals surface area contributed by atoms with Gasteiger partial charge in [-0.25, -0.2) is 0 Å². The molecule has 0 radical (unpaired) electrons. The van der Waals surface area contributed by atoms with Crippen molar-refractivity contribution in [1.29, 1.82) is 0 Å². The highest BCUT2D eigenvalue weighted by Gasteiger charge is 2.26. The van der Waals surface area contributed by atoms with Gasteiger partial charge < -0.3 is 10.4 Å². The number of nitrogens with one attached hydrogen (secondary N) is 1. The fraction of sp³-hybridized carbons (Fsp3) is 0.600. The molecule has 2 heterocycles. The molecule has 0 saturated carbocycles. The molecule has 0 aliphatic carbocycles. The zero-order chi connectivity index (χ0) is 12.4. The molecular formula is C15H22N2O. The number of fused-ring (bicyclic) bond motifs is 1. The van der Waals surface area contributed by atoms with E-state index in [-0.39, 0.29) is 6.10 Å². The second kappa shape index (κ2) is 5.39. The maximum Gasteiger partial charge on any atom is 0.0707 e. The van der Waals surface area contributed by atoms with Gasteiger partial charge in [0.05, 0.1) is 6.10 Å². The molecule has 98 valence electrons. The van der Waals surface area contributed by atoms with Gasteiger partial charge in [-0.05, 0) is 36.4 Å². The smallest absolute Gasteiger partial charge is 0.0707 e. The lowest BCUT2D eigenvalue weighted by Crippen LogP contribution is -2.41. The topological polar surface area (TPSA) is 35.5 Å².